The molecule has 116 valence electrons. The van der Waals surface area contributed by atoms with Gasteiger partial charge in [-0.15, -0.1) is 0 Å². The number of aliphatic hydroxyl groups excluding tert-OH is 1. The number of benzene rings is 1. The number of para-hydroxylation sites is 1. The summed E-state index contributed by atoms with van der Waals surface area (Å²) < 4.78 is 13.5. The Morgan fingerprint density at radius 1 is 1.48 bits per heavy atom. The maximum absolute atomic E-state index is 13.5. The number of anilines is 1. The Bertz CT molecular complexity index is 464. The molecule has 1 saturated heterocycles. The first-order valence-corrected chi connectivity index (χ1v) is 7.30. The minimum absolute atomic E-state index is 0.000300. The first-order valence-electron chi connectivity index (χ1n) is 7.30. The molecule has 21 heavy (non-hydrogen) atoms. The van der Waals surface area contributed by atoms with Gasteiger partial charge in [0.25, 0.3) is 0 Å². The summed E-state index contributed by atoms with van der Waals surface area (Å²) in [6.45, 7) is 2.29. The van der Waals surface area contributed by atoms with E-state index in [1.807, 2.05) is 4.90 Å². The molecule has 0 bridgehead atoms. The SMILES string of the molecule is O=C(CN(CCO)CC1CCCN1)Nc1ccccc1F. The first-order chi connectivity index (χ1) is 10.2. The smallest absolute Gasteiger partial charge is 0.238 e. The Morgan fingerprint density at radius 2 is 2.29 bits per heavy atom. The normalized spacial score (nSPS) is 18.1. The van der Waals surface area contributed by atoms with Gasteiger partial charge in [-0.3, -0.25) is 9.69 Å². The highest BCUT2D eigenvalue weighted by molar-refractivity contribution is 5.92. The highest BCUT2D eigenvalue weighted by Crippen LogP contribution is 2.12. The number of carbonyl (C=O) groups excluding carboxylic acids is 1. The molecule has 1 aromatic carbocycles. The van der Waals surface area contributed by atoms with Gasteiger partial charge >= 0.3 is 0 Å². The van der Waals surface area contributed by atoms with Crippen molar-refractivity contribution in [2.45, 2.75) is 18.9 Å². The van der Waals surface area contributed by atoms with Crippen LogP contribution >= 0.6 is 0 Å². The molecule has 5 nitrogen and oxygen atoms in total. The Morgan fingerprint density at radius 3 is 2.95 bits per heavy atom. The minimum atomic E-state index is -0.447. The van der Waals surface area contributed by atoms with Crippen LogP contribution in [0.15, 0.2) is 24.3 Å². The summed E-state index contributed by atoms with van der Waals surface area (Å²) in [4.78, 5) is 13.9. The molecule has 1 aromatic rings. The van der Waals surface area contributed by atoms with E-state index in [0.29, 0.717) is 19.1 Å². The molecule has 6 heteroatoms. The number of nitrogens with one attached hydrogen (secondary N) is 2. The first kappa shape index (κ1) is 15.9. The fourth-order valence-corrected chi connectivity index (χ4v) is 2.56. The van der Waals surface area contributed by atoms with E-state index in [-0.39, 0.29) is 24.7 Å². The minimum Gasteiger partial charge on any atom is -0.395 e. The Balaban J connectivity index is 1.86. The van der Waals surface area contributed by atoms with Crippen LogP contribution in [-0.4, -0.2) is 54.7 Å². The second-order valence-electron chi connectivity index (χ2n) is 5.28. The summed E-state index contributed by atoms with van der Waals surface area (Å²) in [7, 11) is 0. The average molecular weight is 295 g/mol. The summed E-state index contributed by atoms with van der Waals surface area (Å²) in [5.41, 5.74) is 0.186. The molecule has 1 amide bonds. The molecule has 0 radical (unpaired) electrons. The highest BCUT2D eigenvalue weighted by atomic mass is 19.1. The maximum atomic E-state index is 13.5. The fourth-order valence-electron chi connectivity index (χ4n) is 2.56. The van der Waals surface area contributed by atoms with Gasteiger partial charge in [-0.1, -0.05) is 12.1 Å². The summed E-state index contributed by atoms with van der Waals surface area (Å²) in [6, 6.07) is 6.45. The van der Waals surface area contributed by atoms with Crippen LogP contribution in [0.25, 0.3) is 0 Å². The lowest BCUT2D eigenvalue weighted by Crippen LogP contribution is -2.42. The number of carbonyl (C=O) groups is 1. The number of hydrogen-bond donors (Lipinski definition) is 3. The van der Waals surface area contributed by atoms with Gasteiger partial charge in [0.1, 0.15) is 5.82 Å². The average Bonchev–Trinajstić information content (AvgIpc) is 2.94. The molecule has 1 fully saturated rings. The van der Waals surface area contributed by atoms with Crippen molar-refractivity contribution in [1.82, 2.24) is 10.2 Å². The Kier molecular flexibility index (Phi) is 6.10. The summed E-state index contributed by atoms with van der Waals surface area (Å²) in [5.74, 6) is -0.719. The third kappa shape index (κ3) is 5.08. The molecule has 1 heterocycles. The van der Waals surface area contributed by atoms with Gasteiger partial charge in [0.05, 0.1) is 18.8 Å². The molecule has 0 spiro atoms. The topological polar surface area (TPSA) is 64.6 Å². The molecule has 0 aliphatic carbocycles. The summed E-state index contributed by atoms with van der Waals surface area (Å²) >= 11 is 0. The van der Waals surface area contributed by atoms with Crippen molar-refractivity contribution in [2.24, 2.45) is 0 Å². The van der Waals surface area contributed by atoms with Gasteiger partial charge in [0.15, 0.2) is 0 Å². The third-order valence-corrected chi connectivity index (χ3v) is 3.57. The van der Waals surface area contributed by atoms with E-state index in [4.69, 9.17) is 5.11 Å². The number of rotatable bonds is 7. The third-order valence-electron chi connectivity index (χ3n) is 3.57. The lowest BCUT2D eigenvalue weighted by atomic mass is 10.2. The van der Waals surface area contributed by atoms with Crippen LogP contribution in [0.1, 0.15) is 12.8 Å². The maximum Gasteiger partial charge on any atom is 0.238 e. The van der Waals surface area contributed by atoms with Crippen molar-refractivity contribution >= 4 is 11.6 Å². The number of nitrogens with zero attached hydrogens (tertiary/aromatic N) is 1. The van der Waals surface area contributed by atoms with Gasteiger partial charge in [-0.25, -0.2) is 4.39 Å². The number of hydrogen-bond acceptors (Lipinski definition) is 4. The van der Waals surface area contributed by atoms with Crippen molar-refractivity contribution in [1.29, 1.82) is 0 Å². The molecule has 0 saturated carbocycles. The van der Waals surface area contributed by atoms with Gasteiger partial charge in [0.2, 0.25) is 5.91 Å². The van der Waals surface area contributed by atoms with E-state index in [1.165, 1.54) is 12.1 Å². The zero-order valence-corrected chi connectivity index (χ0v) is 12.0. The molecule has 2 rings (SSSR count). The second kappa shape index (κ2) is 8.07. The van der Waals surface area contributed by atoms with Crippen LogP contribution in [0.3, 0.4) is 0 Å². The van der Waals surface area contributed by atoms with Crippen molar-refractivity contribution in [2.75, 3.05) is 38.1 Å². The molecular formula is C15H22FN3O2. The zero-order chi connectivity index (χ0) is 15.1. The molecule has 0 aromatic heterocycles. The van der Waals surface area contributed by atoms with E-state index in [9.17, 15) is 9.18 Å². The standard InChI is InChI=1S/C15H22FN3O2/c16-13-5-1-2-6-14(13)18-15(21)11-19(8-9-20)10-12-4-3-7-17-12/h1-2,5-6,12,17,20H,3-4,7-11H2,(H,18,21). The van der Waals surface area contributed by atoms with Crippen LogP contribution in [0.4, 0.5) is 10.1 Å². The largest absolute Gasteiger partial charge is 0.395 e. The van der Waals surface area contributed by atoms with Gasteiger partial charge in [-0.2, -0.15) is 0 Å². The van der Waals surface area contributed by atoms with E-state index >= 15 is 0 Å². The van der Waals surface area contributed by atoms with E-state index < -0.39 is 5.82 Å². The van der Waals surface area contributed by atoms with Crippen molar-refractivity contribution in [3.05, 3.63) is 30.1 Å². The van der Waals surface area contributed by atoms with Gasteiger partial charge in [0, 0.05) is 19.1 Å². The zero-order valence-electron chi connectivity index (χ0n) is 12.0. The predicted molar refractivity (Wildman–Crippen MR) is 79.6 cm³/mol. The molecule has 3 N–H and O–H groups in total. The van der Waals surface area contributed by atoms with Crippen molar-refractivity contribution in [3.63, 3.8) is 0 Å². The van der Waals surface area contributed by atoms with Crippen LogP contribution in [-0.2, 0) is 4.79 Å². The predicted octanol–water partition coefficient (Wildman–Crippen LogP) is 0.811. The van der Waals surface area contributed by atoms with Gasteiger partial charge < -0.3 is 15.7 Å². The van der Waals surface area contributed by atoms with Crippen molar-refractivity contribution < 1.29 is 14.3 Å². The number of amides is 1. The highest BCUT2D eigenvalue weighted by Gasteiger charge is 2.19. The lowest BCUT2D eigenvalue weighted by Gasteiger charge is -2.24. The van der Waals surface area contributed by atoms with Crippen LogP contribution in [0, 0.1) is 5.82 Å². The lowest BCUT2D eigenvalue weighted by molar-refractivity contribution is -0.117. The van der Waals surface area contributed by atoms with E-state index in [0.717, 1.165) is 19.4 Å². The monoisotopic (exact) mass is 295 g/mol. The summed E-state index contributed by atoms with van der Waals surface area (Å²) in [5, 5.41) is 15.0. The summed E-state index contributed by atoms with van der Waals surface area (Å²) in [6.07, 6.45) is 2.22. The number of aliphatic hydroxyl groups is 1. The van der Waals surface area contributed by atoms with E-state index in [1.54, 1.807) is 12.1 Å². The molecule has 1 aliphatic rings. The van der Waals surface area contributed by atoms with Gasteiger partial charge in [-0.05, 0) is 31.5 Å². The molecular weight excluding hydrogens is 273 g/mol. The molecule has 1 atom stereocenters. The molecule has 1 aliphatic heterocycles. The van der Waals surface area contributed by atoms with Crippen LogP contribution in [0.5, 0.6) is 0 Å². The molecule has 1 unspecified atom stereocenters. The Labute approximate surface area is 124 Å². The quantitative estimate of drug-likeness (QED) is 0.696. The second-order valence-corrected chi connectivity index (χ2v) is 5.28. The van der Waals surface area contributed by atoms with Crippen LogP contribution in [0.2, 0.25) is 0 Å². The van der Waals surface area contributed by atoms with Crippen molar-refractivity contribution in [3.8, 4) is 0 Å². The Hall–Kier alpha value is -1.50. The number of halogens is 1. The van der Waals surface area contributed by atoms with E-state index in [2.05, 4.69) is 10.6 Å². The fraction of sp³-hybridized carbons (Fsp3) is 0.533. The van der Waals surface area contributed by atoms with Crippen LogP contribution < -0.4 is 10.6 Å².